The Hall–Kier alpha value is -3.02. The minimum atomic E-state index is -0.118. The molecule has 4 aromatic rings. The number of nitrogens with zero attached hydrogens (tertiary/aromatic N) is 2. The van der Waals surface area contributed by atoms with Crippen LogP contribution in [0.2, 0.25) is 10.0 Å². The van der Waals surface area contributed by atoms with E-state index in [9.17, 15) is 4.79 Å². The molecule has 2 aromatic carbocycles. The Labute approximate surface area is 208 Å². The number of para-hydroxylation sites is 1. The van der Waals surface area contributed by atoms with Gasteiger partial charge in [-0.25, -0.2) is 4.52 Å². The quantitative estimate of drug-likeness (QED) is 0.333. The molecule has 34 heavy (non-hydrogen) atoms. The van der Waals surface area contributed by atoms with Gasteiger partial charge < -0.3 is 10.1 Å². The van der Waals surface area contributed by atoms with Crippen LogP contribution in [0.15, 0.2) is 54.6 Å². The van der Waals surface area contributed by atoms with Crippen LogP contribution in [0.5, 0.6) is 5.75 Å². The summed E-state index contributed by atoms with van der Waals surface area (Å²) in [5, 5.41) is 9.19. The normalized spacial score (nSPS) is 15.3. The molecule has 0 radical (unpaired) electrons. The topological polar surface area (TPSA) is 55.6 Å². The molecular weight excluding hydrogens is 469 g/mol. The summed E-state index contributed by atoms with van der Waals surface area (Å²) >= 11 is 12.5. The van der Waals surface area contributed by atoms with Gasteiger partial charge in [0.05, 0.1) is 35.1 Å². The van der Waals surface area contributed by atoms with Crippen molar-refractivity contribution in [3.63, 3.8) is 0 Å². The average molecular weight is 494 g/mol. The first kappa shape index (κ1) is 22.8. The zero-order valence-electron chi connectivity index (χ0n) is 19.2. The van der Waals surface area contributed by atoms with Crippen LogP contribution in [0.25, 0.3) is 16.6 Å². The maximum Gasteiger partial charge on any atom is 0.253 e. The molecule has 5 rings (SSSR count). The van der Waals surface area contributed by atoms with Gasteiger partial charge in [-0.2, -0.15) is 5.10 Å². The molecule has 0 aliphatic carbocycles. The molecule has 5 nitrogen and oxygen atoms in total. The molecule has 0 saturated carbocycles. The third kappa shape index (κ3) is 4.04. The van der Waals surface area contributed by atoms with E-state index in [0.717, 1.165) is 45.8 Å². The fourth-order valence-corrected chi connectivity index (χ4v) is 5.30. The Morgan fingerprint density at radius 1 is 1.12 bits per heavy atom. The summed E-state index contributed by atoms with van der Waals surface area (Å²) in [6.45, 7) is 6.67. The molecule has 174 valence electrons. The summed E-state index contributed by atoms with van der Waals surface area (Å²) in [4.78, 5) is 13.5. The van der Waals surface area contributed by atoms with Crippen molar-refractivity contribution in [3.05, 3.63) is 87.2 Å². The SMILES string of the molecule is Cc1nn2c(C(C)C)c(C(=O)N[C@@H]3CCOc4ccccc43)ccc2c1-c1cc(Cl)cc(Cl)c1. The molecule has 7 heteroatoms. The van der Waals surface area contributed by atoms with E-state index in [1.54, 1.807) is 6.07 Å². The van der Waals surface area contributed by atoms with E-state index in [1.165, 1.54) is 0 Å². The first-order valence-corrected chi connectivity index (χ1v) is 12.1. The largest absolute Gasteiger partial charge is 0.493 e. The molecule has 0 fully saturated rings. The van der Waals surface area contributed by atoms with E-state index < -0.39 is 0 Å². The van der Waals surface area contributed by atoms with Crippen LogP contribution in [0.4, 0.5) is 0 Å². The highest BCUT2D eigenvalue weighted by molar-refractivity contribution is 6.35. The van der Waals surface area contributed by atoms with Crippen molar-refractivity contribution in [3.8, 4) is 16.9 Å². The van der Waals surface area contributed by atoms with Gasteiger partial charge in [-0.3, -0.25) is 4.79 Å². The van der Waals surface area contributed by atoms with E-state index >= 15 is 0 Å². The third-order valence-electron chi connectivity index (χ3n) is 6.21. The number of aromatic nitrogens is 2. The maximum absolute atomic E-state index is 13.5. The number of amides is 1. The van der Waals surface area contributed by atoms with Crippen LogP contribution in [0.1, 0.15) is 59.5 Å². The van der Waals surface area contributed by atoms with Crippen molar-refractivity contribution < 1.29 is 9.53 Å². The van der Waals surface area contributed by atoms with Crippen LogP contribution < -0.4 is 10.1 Å². The van der Waals surface area contributed by atoms with Gasteiger partial charge in [0.2, 0.25) is 0 Å². The number of hydrogen-bond acceptors (Lipinski definition) is 3. The fourth-order valence-electron chi connectivity index (χ4n) is 4.77. The molecule has 1 aliphatic rings. The Bertz CT molecular complexity index is 1390. The lowest BCUT2D eigenvalue weighted by molar-refractivity contribution is 0.0922. The molecule has 3 heterocycles. The second-order valence-electron chi connectivity index (χ2n) is 8.90. The highest BCUT2D eigenvalue weighted by Gasteiger charge is 2.26. The first-order valence-electron chi connectivity index (χ1n) is 11.3. The van der Waals surface area contributed by atoms with Gasteiger partial charge in [-0.05, 0) is 54.8 Å². The molecule has 0 saturated heterocycles. The third-order valence-corrected chi connectivity index (χ3v) is 6.65. The fraction of sp³-hybridized carbons (Fsp3) is 0.259. The number of carbonyl (C=O) groups excluding carboxylic acids is 1. The molecule has 1 atom stereocenters. The number of halogens is 2. The second-order valence-corrected chi connectivity index (χ2v) is 9.78. The Kier molecular flexibility index (Phi) is 6.00. The van der Waals surface area contributed by atoms with Gasteiger partial charge in [0, 0.05) is 27.6 Å². The number of nitrogens with one attached hydrogen (secondary N) is 1. The van der Waals surface area contributed by atoms with E-state index in [2.05, 4.69) is 19.2 Å². The van der Waals surface area contributed by atoms with Crippen molar-refractivity contribution in [1.29, 1.82) is 0 Å². The van der Waals surface area contributed by atoms with Gasteiger partial charge in [0.25, 0.3) is 5.91 Å². The van der Waals surface area contributed by atoms with Crippen LogP contribution in [0.3, 0.4) is 0 Å². The lowest BCUT2D eigenvalue weighted by Crippen LogP contribution is -2.33. The number of rotatable bonds is 4. The van der Waals surface area contributed by atoms with E-state index in [-0.39, 0.29) is 17.9 Å². The van der Waals surface area contributed by atoms with Crippen molar-refractivity contribution in [2.45, 2.75) is 39.2 Å². The van der Waals surface area contributed by atoms with Crippen LogP contribution in [0, 0.1) is 6.92 Å². The Morgan fingerprint density at radius 3 is 2.59 bits per heavy atom. The van der Waals surface area contributed by atoms with Crippen LogP contribution in [-0.2, 0) is 0 Å². The zero-order valence-corrected chi connectivity index (χ0v) is 20.7. The predicted molar refractivity (Wildman–Crippen MR) is 136 cm³/mol. The number of fused-ring (bicyclic) bond motifs is 2. The molecule has 1 N–H and O–H groups in total. The number of benzene rings is 2. The van der Waals surface area contributed by atoms with Gasteiger partial charge >= 0.3 is 0 Å². The Balaban J connectivity index is 1.58. The molecule has 0 unspecified atom stereocenters. The number of pyridine rings is 1. The standard InChI is InChI=1S/C27H25Cl2N3O2/c1-15(2)26-21(27(33)30-22-10-11-34-24-7-5-4-6-20(22)24)8-9-23-25(16(3)31-32(23)26)17-12-18(28)14-19(29)13-17/h4-9,12-15,22H,10-11H2,1-3H3,(H,30,33)/t22-/m1/s1. The Morgan fingerprint density at radius 2 is 1.85 bits per heavy atom. The van der Waals surface area contributed by atoms with E-state index in [4.69, 9.17) is 33.0 Å². The van der Waals surface area contributed by atoms with Crippen molar-refractivity contribution >= 4 is 34.6 Å². The number of hydrogen-bond donors (Lipinski definition) is 1. The number of aryl methyl sites for hydroxylation is 1. The summed E-state index contributed by atoms with van der Waals surface area (Å²) < 4.78 is 7.64. The first-order chi connectivity index (χ1) is 16.3. The van der Waals surface area contributed by atoms with Crippen molar-refractivity contribution in [2.75, 3.05) is 6.61 Å². The predicted octanol–water partition coefficient (Wildman–Crippen LogP) is 6.99. The lowest BCUT2D eigenvalue weighted by atomic mass is 9.98. The summed E-state index contributed by atoms with van der Waals surface area (Å²) in [5.41, 5.74) is 6.09. The minimum absolute atomic E-state index is 0.0709. The van der Waals surface area contributed by atoms with Crippen LogP contribution >= 0.6 is 23.2 Å². The van der Waals surface area contributed by atoms with E-state index in [1.807, 2.05) is 60.0 Å². The highest BCUT2D eigenvalue weighted by Crippen LogP contribution is 2.36. The summed E-state index contributed by atoms with van der Waals surface area (Å²) in [7, 11) is 0. The van der Waals surface area contributed by atoms with E-state index in [0.29, 0.717) is 22.2 Å². The highest BCUT2D eigenvalue weighted by atomic mass is 35.5. The lowest BCUT2D eigenvalue weighted by Gasteiger charge is -2.27. The maximum atomic E-state index is 13.5. The molecule has 1 amide bonds. The molecular formula is C27H25Cl2N3O2. The van der Waals surface area contributed by atoms with Gasteiger partial charge in [-0.1, -0.05) is 55.2 Å². The number of ether oxygens (including phenoxy) is 1. The molecule has 2 aromatic heterocycles. The minimum Gasteiger partial charge on any atom is -0.493 e. The summed E-state index contributed by atoms with van der Waals surface area (Å²) in [5.74, 6) is 0.778. The average Bonchev–Trinajstić information content (AvgIpc) is 3.13. The number of carbonyl (C=O) groups is 1. The van der Waals surface area contributed by atoms with Crippen molar-refractivity contribution in [2.24, 2.45) is 0 Å². The van der Waals surface area contributed by atoms with Gasteiger partial charge in [-0.15, -0.1) is 0 Å². The van der Waals surface area contributed by atoms with Gasteiger partial charge in [0.15, 0.2) is 0 Å². The van der Waals surface area contributed by atoms with Crippen molar-refractivity contribution in [1.82, 2.24) is 14.9 Å². The second kappa shape index (κ2) is 8.97. The zero-order chi connectivity index (χ0) is 24.0. The van der Waals surface area contributed by atoms with Crippen LogP contribution in [-0.4, -0.2) is 22.1 Å². The summed E-state index contributed by atoms with van der Waals surface area (Å²) in [6, 6.07) is 17.1. The smallest absolute Gasteiger partial charge is 0.253 e. The van der Waals surface area contributed by atoms with Gasteiger partial charge in [0.1, 0.15) is 5.75 Å². The summed E-state index contributed by atoms with van der Waals surface area (Å²) in [6.07, 6.45) is 0.725. The monoisotopic (exact) mass is 493 g/mol. The molecule has 0 spiro atoms. The molecule has 1 aliphatic heterocycles. The molecule has 0 bridgehead atoms.